The molecule has 152 valence electrons. The molecule has 1 unspecified atom stereocenters. The lowest BCUT2D eigenvalue weighted by atomic mass is 10.0. The number of nitrogens with zero attached hydrogens (tertiary/aromatic N) is 3. The summed E-state index contributed by atoms with van der Waals surface area (Å²) < 4.78 is 12.3. The van der Waals surface area contributed by atoms with E-state index in [1.54, 1.807) is 12.0 Å². The van der Waals surface area contributed by atoms with Crippen molar-refractivity contribution >= 4 is 17.1 Å². The third kappa shape index (κ3) is 3.48. The van der Waals surface area contributed by atoms with Crippen molar-refractivity contribution < 1.29 is 14.3 Å². The fourth-order valence-corrected chi connectivity index (χ4v) is 4.52. The number of benzene rings is 1. The van der Waals surface area contributed by atoms with Crippen LogP contribution in [0.3, 0.4) is 0 Å². The van der Waals surface area contributed by atoms with Crippen LogP contribution >= 0.6 is 0 Å². The highest BCUT2D eigenvalue weighted by atomic mass is 16.6. The van der Waals surface area contributed by atoms with Gasteiger partial charge in [-0.2, -0.15) is 0 Å². The molecule has 8 nitrogen and oxygen atoms in total. The molecule has 28 heavy (non-hydrogen) atoms. The summed E-state index contributed by atoms with van der Waals surface area (Å²) in [6, 6.07) is 6.23. The molecular formula is C20H28N4O4. The Bertz CT molecular complexity index is 897. The summed E-state index contributed by atoms with van der Waals surface area (Å²) in [6.45, 7) is 5.58. The standard InChI is InChI=1S/C20H28N4O4/c1-3-28-20(26)23-11-8-15(13-23)22-9-6-14(7-10-22)24-18-12-16(27-2)4-5-17(18)21-19(24)25/h4-5,12,14-15H,3,6-11,13H2,1-2H3,(H,21,25). The van der Waals surface area contributed by atoms with Gasteiger partial charge in [0.25, 0.3) is 0 Å². The molecule has 2 aliphatic rings. The van der Waals surface area contributed by atoms with Gasteiger partial charge in [0.2, 0.25) is 0 Å². The Morgan fingerprint density at radius 3 is 2.64 bits per heavy atom. The minimum absolute atomic E-state index is 0.0592. The topological polar surface area (TPSA) is 79.8 Å². The van der Waals surface area contributed by atoms with Crippen LogP contribution in [-0.2, 0) is 4.74 Å². The number of carbonyl (C=O) groups is 1. The molecule has 3 heterocycles. The summed E-state index contributed by atoms with van der Waals surface area (Å²) in [5.41, 5.74) is 1.68. The van der Waals surface area contributed by atoms with Crippen LogP contribution in [0.4, 0.5) is 4.79 Å². The molecule has 0 saturated carbocycles. The summed E-state index contributed by atoms with van der Waals surface area (Å²) in [5.74, 6) is 0.752. The van der Waals surface area contributed by atoms with E-state index >= 15 is 0 Å². The zero-order valence-corrected chi connectivity index (χ0v) is 16.5. The van der Waals surface area contributed by atoms with Crippen molar-refractivity contribution in [3.63, 3.8) is 0 Å². The number of nitrogens with one attached hydrogen (secondary N) is 1. The largest absolute Gasteiger partial charge is 0.497 e. The Hall–Kier alpha value is -2.48. The molecule has 1 amide bonds. The molecule has 0 aliphatic carbocycles. The first-order valence-corrected chi connectivity index (χ1v) is 10.0. The van der Waals surface area contributed by atoms with E-state index < -0.39 is 0 Å². The average molecular weight is 388 g/mol. The lowest BCUT2D eigenvalue weighted by Crippen LogP contribution is -2.44. The number of aromatic nitrogens is 2. The quantitative estimate of drug-likeness (QED) is 0.869. The molecule has 0 bridgehead atoms. The number of carbonyl (C=O) groups excluding carboxylic acids is 1. The van der Waals surface area contributed by atoms with Gasteiger partial charge in [-0.25, -0.2) is 9.59 Å². The van der Waals surface area contributed by atoms with Crippen molar-refractivity contribution in [2.24, 2.45) is 0 Å². The van der Waals surface area contributed by atoms with Crippen LogP contribution in [0, 0.1) is 0 Å². The maximum Gasteiger partial charge on any atom is 0.409 e. The van der Waals surface area contributed by atoms with Gasteiger partial charge in [-0.05, 0) is 38.3 Å². The number of piperidine rings is 1. The van der Waals surface area contributed by atoms with Crippen LogP contribution in [0.25, 0.3) is 11.0 Å². The Morgan fingerprint density at radius 2 is 1.93 bits per heavy atom. The zero-order chi connectivity index (χ0) is 19.7. The number of fused-ring (bicyclic) bond motifs is 1. The van der Waals surface area contributed by atoms with Crippen molar-refractivity contribution in [3.8, 4) is 5.75 Å². The van der Waals surface area contributed by atoms with Gasteiger partial charge in [-0.1, -0.05) is 0 Å². The first kappa shape index (κ1) is 18.9. The predicted molar refractivity (Wildman–Crippen MR) is 106 cm³/mol. The van der Waals surface area contributed by atoms with E-state index in [0.717, 1.165) is 62.2 Å². The second kappa shape index (κ2) is 7.87. The summed E-state index contributed by atoms with van der Waals surface area (Å²) in [4.78, 5) is 31.7. The first-order valence-electron chi connectivity index (χ1n) is 10.0. The molecule has 4 rings (SSSR count). The molecule has 2 aromatic rings. The number of imidazole rings is 1. The highest BCUT2D eigenvalue weighted by molar-refractivity contribution is 5.77. The maximum atomic E-state index is 12.5. The molecule has 1 aromatic heterocycles. The predicted octanol–water partition coefficient (Wildman–Crippen LogP) is 2.21. The van der Waals surface area contributed by atoms with Crippen LogP contribution in [0.5, 0.6) is 5.75 Å². The highest BCUT2D eigenvalue weighted by Crippen LogP contribution is 2.29. The van der Waals surface area contributed by atoms with E-state index in [1.807, 2.05) is 29.7 Å². The van der Waals surface area contributed by atoms with Gasteiger partial charge >= 0.3 is 11.8 Å². The number of amides is 1. The van der Waals surface area contributed by atoms with E-state index in [1.165, 1.54) is 0 Å². The van der Waals surface area contributed by atoms with Crippen LogP contribution < -0.4 is 10.4 Å². The molecular weight excluding hydrogens is 360 g/mol. The first-order chi connectivity index (χ1) is 13.6. The maximum absolute atomic E-state index is 12.5. The number of aromatic amines is 1. The molecule has 1 aromatic carbocycles. The van der Waals surface area contributed by atoms with Crippen LogP contribution in [0.1, 0.15) is 32.2 Å². The van der Waals surface area contributed by atoms with Gasteiger partial charge in [0, 0.05) is 44.3 Å². The van der Waals surface area contributed by atoms with E-state index in [2.05, 4.69) is 9.88 Å². The Labute approximate surface area is 164 Å². The van der Waals surface area contributed by atoms with E-state index in [9.17, 15) is 9.59 Å². The number of rotatable bonds is 4. The fourth-order valence-electron chi connectivity index (χ4n) is 4.52. The molecule has 1 atom stereocenters. The number of likely N-dealkylation sites (tertiary alicyclic amines) is 2. The van der Waals surface area contributed by atoms with Crippen molar-refractivity contribution in [2.45, 2.75) is 38.3 Å². The lowest BCUT2D eigenvalue weighted by Gasteiger charge is -2.36. The monoisotopic (exact) mass is 388 g/mol. The second-order valence-electron chi connectivity index (χ2n) is 7.54. The van der Waals surface area contributed by atoms with E-state index in [-0.39, 0.29) is 17.8 Å². The molecule has 2 fully saturated rings. The van der Waals surface area contributed by atoms with Crippen molar-refractivity contribution in [1.82, 2.24) is 19.4 Å². The third-order valence-corrected chi connectivity index (χ3v) is 5.99. The van der Waals surface area contributed by atoms with Gasteiger partial charge in [0.1, 0.15) is 5.75 Å². The molecule has 0 radical (unpaired) electrons. The number of ether oxygens (including phenoxy) is 2. The number of hydrogen-bond donors (Lipinski definition) is 1. The van der Waals surface area contributed by atoms with Gasteiger partial charge in [0.15, 0.2) is 0 Å². The second-order valence-corrected chi connectivity index (χ2v) is 7.54. The van der Waals surface area contributed by atoms with Crippen LogP contribution in [0.2, 0.25) is 0 Å². The SMILES string of the molecule is CCOC(=O)N1CCC(N2CCC(n3c(=O)[nH]c4ccc(OC)cc43)CC2)C1. The molecule has 2 aliphatic heterocycles. The Morgan fingerprint density at radius 1 is 1.18 bits per heavy atom. The summed E-state index contributed by atoms with van der Waals surface area (Å²) in [5, 5.41) is 0. The summed E-state index contributed by atoms with van der Waals surface area (Å²) in [7, 11) is 1.63. The number of hydrogen-bond acceptors (Lipinski definition) is 5. The summed E-state index contributed by atoms with van der Waals surface area (Å²) >= 11 is 0. The Kier molecular flexibility index (Phi) is 5.30. The smallest absolute Gasteiger partial charge is 0.409 e. The van der Waals surface area contributed by atoms with Gasteiger partial charge in [-0.15, -0.1) is 0 Å². The van der Waals surface area contributed by atoms with Crippen molar-refractivity contribution in [3.05, 3.63) is 28.7 Å². The third-order valence-electron chi connectivity index (χ3n) is 5.99. The fraction of sp³-hybridized carbons (Fsp3) is 0.600. The molecule has 2 saturated heterocycles. The van der Waals surface area contributed by atoms with Gasteiger partial charge < -0.3 is 19.4 Å². The van der Waals surface area contributed by atoms with Crippen LogP contribution in [0.15, 0.2) is 23.0 Å². The van der Waals surface area contributed by atoms with Gasteiger partial charge in [-0.3, -0.25) is 9.47 Å². The summed E-state index contributed by atoms with van der Waals surface area (Å²) in [6.07, 6.45) is 2.60. The van der Waals surface area contributed by atoms with Crippen molar-refractivity contribution in [2.75, 3.05) is 39.9 Å². The van der Waals surface area contributed by atoms with E-state index in [4.69, 9.17) is 9.47 Å². The lowest BCUT2D eigenvalue weighted by molar-refractivity contribution is 0.105. The van der Waals surface area contributed by atoms with Crippen LogP contribution in [-0.4, -0.2) is 71.4 Å². The zero-order valence-electron chi connectivity index (χ0n) is 16.5. The molecule has 8 heteroatoms. The highest BCUT2D eigenvalue weighted by Gasteiger charge is 2.33. The number of methoxy groups -OCH3 is 1. The minimum atomic E-state index is -0.209. The van der Waals surface area contributed by atoms with E-state index in [0.29, 0.717) is 12.6 Å². The normalized spacial score (nSPS) is 21.4. The minimum Gasteiger partial charge on any atom is -0.497 e. The van der Waals surface area contributed by atoms with Gasteiger partial charge in [0.05, 0.1) is 24.8 Å². The van der Waals surface area contributed by atoms with Crippen molar-refractivity contribution in [1.29, 1.82) is 0 Å². The number of H-pyrrole nitrogens is 1. The molecule has 1 N–H and O–H groups in total. The Balaban J connectivity index is 1.42. The average Bonchev–Trinajstić information content (AvgIpc) is 3.32. The molecule has 0 spiro atoms.